The highest BCUT2D eigenvalue weighted by Gasteiger charge is 2.08. The average molecular weight is 270 g/mol. The minimum absolute atomic E-state index is 0.236. The number of nitrogens with zero attached hydrogens (tertiary/aromatic N) is 3. The lowest BCUT2D eigenvalue weighted by Crippen LogP contribution is -2.06. The Labute approximate surface area is 115 Å². The highest BCUT2D eigenvalue weighted by Crippen LogP contribution is 2.25. The molecule has 0 aromatic carbocycles. The van der Waals surface area contributed by atoms with Gasteiger partial charge in [0.1, 0.15) is 11.3 Å². The Kier molecular flexibility index (Phi) is 3.13. The lowest BCUT2D eigenvalue weighted by molar-refractivity contribution is 0.898. The first kappa shape index (κ1) is 12.0. The number of aryl methyl sites for hydroxylation is 1. The fourth-order valence-corrected chi connectivity index (χ4v) is 2.79. The minimum Gasteiger partial charge on any atom is -0.363 e. The molecule has 5 heteroatoms. The molecule has 0 bridgehead atoms. The molecule has 19 heavy (non-hydrogen) atoms. The van der Waals surface area contributed by atoms with Crippen LogP contribution in [0.5, 0.6) is 0 Å². The first-order valence-electron chi connectivity index (χ1n) is 6.13. The third kappa shape index (κ3) is 2.56. The Bertz CT molecular complexity index is 707. The smallest absolute Gasteiger partial charge is 0.180 e. The van der Waals surface area contributed by atoms with Gasteiger partial charge in [-0.15, -0.1) is 11.3 Å². The number of thiophene rings is 1. The molecule has 0 aliphatic rings. The van der Waals surface area contributed by atoms with E-state index >= 15 is 0 Å². The van der Waals surface area contributed by atoms with E-state index in [2.05, 4.69) is 46.2 Å². The predicted octanol–water partition coefficient (Wildman–Crippen LogP) is 3.57. The van der Waals surface area contributed by atoms with E-state index in [0.717, 1.165) is 11.3 Å². The molecule has 0 radical (unpaired) electrons. The van der Waals surface area contributed by atoms with Gasteiger partial charge in [0.05, 0.1) is 6.04 Å². The summed E-state index contributed by atoms with van der Waals surface area (Å²) in [4.78, 5) is 15.5. The molecule has 0 spiro atoms. The first-order valence-corrected chi connectivity index (χ1v) is 6.94. The number of anilines is 1. The standard InChI is InChI=1S/C14H14N4S/c1-9-3-5-12(19-9)10(2)17-13-6-4-11-14(18-13)16-8-7-15-11/h3-8,10H,1-2H3,(H,16,17,18). The maximum Gasteiger partial charge on any atom is 0.180 e. The first-order chi connectivity index (χ1) is 9.22. The molecule has 4 nitrogen and oxygen atoms in total. The summed E-state index contributed by atoms with van der Waals surface area (Å²) in [5.74, 6) is 0.826. The summed E-state index contributed by atoms with van der Waals surface area (Å²) < 4.78 is 0. The van der Waals surface area contributed by atoms with Crippen LogP contribution in [0.1, 0.15) is 22.7 Å². The predicted molar refractivity (Wildman–Crippen MR) is 78.4 cm³/mol. The van der Waals surface area contributed by atoms with Gasteiger partial charge < -0.3 is 5.32 Å². The topological polar surface area (TPSA) is 50.7 Å². The number of nitrogens with one attached hydrogen (secondary N) is 1. The minimum atomic E-state index is 0.236. The fourth-order valence-electron chi connectivity index (χ4n) is 1.91. The zero-order chi connectivity index (χ0) is 13.2. The van der Waals surface area contributed by atoms with Crippen molar-refractivity contribution in [3.05, 3.63) is 46.4 Å². The van der Waals surface area contributed by atoms with Crippen molar-refractivity contribution in [2.75, 3.05) is 5.32 Å². The van der Waals surface area contributed by atoms with E-state index in [4.69, 9.17) is 0 Å². The van der Waals surface area contributed by atoms with E-state index in [9.17, 15) is 0 Å². The normalized spacial score (nSPS) is 12.5. The van der Waals surface area contributed by atoms with Gasteiger partial charge in [0.2, 0.25) is 0 Å². The molecule has 96 valence electrons. The third-order valence-corrected chi connectivity index (χ3v) is 4.07. The van der Waals surface area contributed by atoms with E-state index < -0.39 is 0 Å². The highest BCUT2D eigenvalue weighted by atomic mass is 32.1. The van der Waals surface area contributed by atoms with Gasteiger partial charge in [0.25, 0.3) is 0 Å². The maximum atomic E-state index is 4.47. The Hall–Kier alpha value is -2.01. The summed E-state index contributed by atoms with van der Waals surface area (Å²) in [7, 11) is 0. The summed E-state index contributed by atoms with van der Waals surface area (Å²) >= 11 is 1.80. The summed E-state index contributed by atoms with van der Waals surface area (Å²) in [6.07, 6.45) is 3.33. The van der Waals surface area contributed by atoms with E-state index in [1.54, 1.807) is 23.7 Å². The molecule has 0 saturated carbocycles. The van der Waals surface area contributed by atoms with Crippen LogP contribution in [-0.4, -0.2) is 15.0 Å². The summed E-state index contributed by atoms with van der Waals surface area (Å²) in [6.45, 7) is 4.25. The number of rotatable bonds is 3. The maximum absolute atomic E-state index is 4.47. The van der Waals surface area contributed by atoms with Crippen LogP contribution >= 0.6 is 11.3 Å². The number of hydrogen-bond donors (Lipinski definition) is 1. The van der Waals surface area contributed by atoms with Crippen LogP contribution in [0, 0.1) is 6.92 Å². The van der Waals surface area contributed by atoms with Crippen LogP contribution in [-0.2, 0) is 0 Å². The van der Waals surface area contributed by atoms with Crippen molar-refractivity contribution in [2.24, 2.45) is 0 Å². The lowest BCUT2D eigenvalue weighted by Gasteiger charge is -2.12. The van der Waals surface area contributed by atoms with Crippen molar-refractivity contribution < 1.29 is 0 Å². The molecule has 0 aliphatic heterocycles. The van der Waals surface area contributed by atoms with Crippen molar-refractivity contribution >= 4 is 28.3 Å². The van der Waals surface area contributed by atoms with Gasteiger partial charge >= 0.3 is 0 Å². The number of aromatic nitrogens is 3. The highest BCUT2D eigenvalue weighted by molar-refractivity contribution is 7.12. The van der Waals surface area contributed by atoms with Gasteiger partial charge in [0, 0.05) is 22.1 Å². The molecule has 1 N–H and O–H groups in total. The number of hydrogen-bond acceptors (Lipinski definition) is 5. The molecule has 0 saturated heterocycles. The molecule has 0 aliphatic carbocycles. The monoisotopic (exact) mass is 270 g/mol. The van der Waals surface area contributed by atoms with Gasteiger partial charge in [-0.1, -0.05) is 0 Å². The van der Waals surface area contributed by atoms with Gasteiger partial charge in [0.15, 0.2) is 5.65 Å². The second-order valence-electron chi connectivity index (χ2n) is 4.41. The molecular formula is C14H14N4S. The van der Waals surface area contributed by atoms with Crippen molar-refractivity contribution in [2.45, 2.75) is 19.9 Å². The van der Waals surface area contributed by atoms with Gasteiger partial charge in [-0.25, -0.2) is 9.97 Å². The van der Waals surface area contributed by atoms with Crippen molar-refractivity contribution in [3.8, 4) is 0 Å². The largest absolute Gasteiger partial charge is 0.363 e. The summed E-state index contributed by atoms with van der Waals surface area (Å²) in [5, 5.41) is 3.40. The third-order valence-electron chi connectivity index (χ3n) is 2.88. The Morgan fingerprint density at radius 1 is 1.11 bits per heavy atom. The molecule has 0 amide bonds. The zero-order valence-electron chi connectivity index (χ0n) is 10.8. The van der Waals surface area contributed by atoms with E-state index in [1.807, 2.05) is 12.1 Å². The molecule has 3 heterocycles. The fraction of sp³-hybridized carbons (Fsp3) is 0.214. The van der Waals surface area contributed by atoms with E-state index in [1.165, 1.54) is 9.75 Å². The SMILES string of the molecule is Cc1ccc(C(C)Nc2ccc3nccnc3n2)s1. The van der Waals surface area contributed by atoms with Crippen LogP contribution in [0.25, 0.3) is 11.2 Å². The zero-order valence-corrected chi connectivity index (χ0v) is 11.6. The van der Waals surface area contributed by atoms with Gasteiger partial charge in [-0.05, 0) is 38.1 Å². The van der Waals surface area contributed by atoms with Gasteiger partial charge in [-0.3, -0.25) is 4.98 Å². The van der Waals surface area contributed by atoms with Crippen LogP contribution < -0.4 is 5.32 Å². The van der Waals surface area contributed by atoms with Crippen LogP contribution in [0.15, 0.2) is 36.7 Å². The second-order valence-corrected chi connectivity index (χ2v) is 5.73. The van der Waals surface area contributed by atoms with E-state index in [0.29, 0.717) is 5.65 Å². The van der Waals surface area contributed by atoms with Gasteiger partial charge in [-0.2, -0.15) is 0 Å². The Morgan fingerprint density at radius 3 is 2.74 bits per heavy atom. The van der Waals surface area contributed by atoms with E-state index in [-0.39, 0.29) is 6.04 Å². The van der Waals surface area contributed by atoms with Crippen molar-refractivity contribution in [1.29, 1.82) is 0 Å². The second kappa shape index (κ2) is 4.93. The van der Waals surface area contributed by atoms with Crippen molar-refractivity contribution in [1.82, 2.24) is 15.0 Å². The van der Waals surface area contributed by atoms with Crippen LogP contribution in [0.2, 0.25) is 0 Å². The summed E-state index contributed by atoms with van der Waals surface area (Å²) in [6, 6.07) is 8.40. The lowest BCUT2D eigenvalue weighted by atomic mass is 10.2. The quantitative estimate of drug-likeness (QED) is 0.790. The number of pyridine rings is 1. The van der Waals surface area contributed by atoms with Crippen molar-refractivity contribution in [3.63, 3.8) is 0 Å². The van der Waals surface area contributed by atoms with Crippen LogP contribution in [0.3, 0.4) is 0 Å². The molecular weight excluding hydrogens is 256 g/mol. The number of fused-ring (bicyclic) bond motifs is 1. The summed E-state index contributed by atoms with van der Waals surface area (Å²) in [5.41, 5.74) is 1.48. The molecule has 3 rings (SSSR count). The average Bonchev–Trinajstić information content (AvgIpc) is 2.85. The Balaban J connectivity index is 1.84. The van der Waals surface area contributed by atoms with Crippen LogP contribution in [0.4, 0.5) is 5.82 Å². The molecule has 1 atom stereocenters. The molecule has 1 unspecified atom stereocenters. The molecule has 3 aromatic heterocycles. The molecule has 3 aromatic rings. The molecule has 0 fully saturated rings. The Morgan fingerprint density at radius 2 is 1.95 bits per heavy atom.